The van der Waals surface area contributed by atoms with Crippen molar-refractivity contribution in [2.24, 2.45) is 0 Å². The Bertz CT molecular complexity index is 1340. The lowest BCUT2D eigenvalue weighted by atomic mass is 10.1. The third kappa shape index (κ3) is 7.58. The van der Waals surface area contributed by atoms with E-state index in [2.05, 4.69) is 6.92 Å². The molecule has 0 atom stereocenters. The minimum atomic E-state index is -0.200. The van der Waals surface area contributed by atoms with Gasteiger partial charge in [0.2, 0.25) is 0 Å². The zero-order valence-corrected chi connectivity index (χ0v) is 24.4. The minimum absolute atomic E-state index is 0.121. The zero-order chi connectivity index (χ0) is 26.7. The number of pyridine rings is 1. The Kier molecular flexibility index (Phi) is 11.0. The molecule has 1 saturated heterocycles. The largest absolute Gasteiger partial charge is 0.293 e. The Morgan fingerprint density at radius 3 is 2.26 bits per heavy atom. The van der Waals surface area contributed by atoms with Crippen molar-refractivity contribution in [1.82, 2.24) is 14.3 Å². The van der Waals surface area contributed by atoms with E-state index < -0.39 is 0 Å². The third-order valence-electron chi connectivity index (χ3n) is 6.58. The van der Waals surface area contributed by atoms with E-state index in [0.717, 1.165) is 17.7 Å². The second-order valence-electron chi connectivity index (χ2n) is 9.50. The van der Waals surface area contributed by atoms with Gasteiger partial charge in [-0.15, -0.1) is 0 Å². The molecular weight excluding hydrogens is 531 g/mol. The number of amides is 1. The van der Waals surface area contributed by atoms with Gasteiger partial charge in [0.15, 0.2) is 0 Å². The van der Waals surface area contributed by atoms with Gasteiger partial charge in [0.1, 0.15) is 15.0 Å². The number of aromatic nitrogens is 2. The summed E-state index contributed by atoms with van der Waals surface area (Å²) in [7, 11) is 0. The van der Waals surface area contributed by atoms with Crippen LogP contribution in [0.1, 0.15) is 76.7 Å². The summed E-state index contributed by atoms with van der Waals surface area (Å²) in [5.41, 5.74) is 0.776. The molecule has 0 radical (unpaired) electrons. The molecule has 3 aromatic rings. The SMILES string of the molecule is CCCCCCCCCCCCN1C(=O)/C(=C\c2c(Sc3ccccc3)nc3ccccn3c2=O)SC1=S. The summed E-state index contributed by atoms with van der Waals surface area (Å²) in [5, 5.41) is 0.576. The molecule has 1 aromatic carbocycles. The molecule has 0 unspecified atom stereocenters. The van der Waals surface area contributed by atoms with Crippen LogP contribution in [0.3, 0.4) is 0 Å². The Labute approximate surface area is 239 Å². The average Bonchev–Trinajstić information content (AvgIpc) is 3.19. The van der Waals surface area contributed by atoms with Gasteiger partial charge in [-0.05, 0) is 36.8 Å². The number of fused-ring (bicyclic) bond motifs is 1. The summed E-state index contributed by atoms with van der Waals surface area (Å²) in [4.78, 5) is 34.6. The molecule has 5 nitrogen and oxygen atoms in total. The standard InChI is InChI=1S/C30H35N3O2S3/c1-2-3-4-5-6-7-8-9-10-15-21-33-29(35)25(38-30(33)36)22-24-27(37-23-17-12-11-13-18-23)31-26-19-14-16-20-32(26)28(24)34/h11-14,16-20,22H,2-10,15,21H2,1H3/b25-22+. The number of benzene rings is 1. The number of nitrogens with zero attached hydrogens (tertiary/aromatic N) is 3. The number of hydrogen-bond donors (Lipinski definition) is 0. The van der Waals surface area contributed by atoms with Crippen molar-refractivity contribution >= 4 is 57.7 Å². The molecule has 200 valence electrons. The molecule has 0 N–H and O–H groups in total. The van der Waals surface area contributed by atoms with E-state index >= 15 is 0 Å². The van der Waals surface area contributed by atoms with Gasteiger partial charge in [-0.2, -0.15) is 0 Å². The molecule has 0 saturated carbocycles. The Morgan fingerprint density at radius 1 is 0.895 bits per heavy atom. The van der Waals surface area contributed by atoms with Crippen molar-refractivity contribution in [2.45, 2.75) is 81.1 Å². The highest BCUT2D eigenvalue weighted by molar-refractivity contribution is 8.26. The highest BCUT2D eigenvalue weighted by Gasteiger charge is 2.32. The fourth-order valence-electron chi connectivity index (χ4n) is 4.47. The lowest BCUT2D eigenvalue weighted by Crippen LogP contribution is -2.29. The van der Waals surface area contributed by atoms with Crippen molar-refractivity contribution in [3.05, 3.63) is 75.6 Å². The third-order valence-corrected chi connectivity index (χ3v) is 8.97. The average molecular weight is 566 g/mol. The van der Waals surface area contributed by atoms with Crippen LogP contribution in [0.5, 0.6) is 0 Å². The molecule has 1 aliphatic rings. The summed E-state index contributed by atoms with van der Waals surface area (Å²) in [6, 6.07) is 15.3. The Balaban J connectivity index is 1.42. The first-order valence-electron chi connectivity index (χ1n) is 13.6. The summed E-state index contributed by atoms with van der Waals surface area (Å²) in [6.07, 6.45) is 15.8. The van der Waals surface area contributed by atoms with Crippen molar-refractivity contribution in [2.75, 3.05) is 6.54 Å². The molecule has 3 heterocycles. The normalized spacial score (nSPS) is 14.8. The first-order valence-corrected chi connectivity index (χ1v) is 15.6. The summed E-state index contributed by atoms with van der Waals surface area (Å²) >= 11 is 8.24. The smallest absolute Gasteiger partial charge is 0.266 e. The first-order chi connectivity index (χ1) is 18.6. The van der Waals surface area contributed by atoms with E-state index in [0.29, 0.717) is 32.0 Å². The second-order valence-corrected chi connectivity index (χ2v) is 12.2. The molecule has 4 rings (SSSR count). The second kappa shape index (κ2) is 14.7. The zero-order valence-electron chi connectivity index (χ0n) is 21.9. The van der Waals surface area contributed by atoms with Crippen LogP contribution in [0.4, 0.5) is 0 Å². The highest BCUT2D eigenvalue weighted by Crippen LogP contribution is 2.35. The fourth-order valence-corrected chi connectivity index (χ4v) is 6.67. The number of carbonyl (C=O) groups is 1. The summed E-state index contributed by atoms with van der Waals surface area (Å²) in [6.45, 7) is 2.87. The number of unbranched alkanes of at least 4 members (excludes halogenated alkanes) is 9. The van der Waals surface area contributed by atoms with Crippen molar-refractivity contribution in [1.29, 1.82) is 0 Å². The van der Waals surface area contributed by atoms with Crippen LogP contribution in [0.15, 0.2) is 74.3 Å². The van der Waals surface area contributed by atoms with Crippen molar-refractivity contribution < 1.29 is 4.79 Å². The molecule has 0 spiro atoms. The van der Waals surface area contributed by atoms with E-state index in [-0.39, 0.29) is 11.5 Å². The molecule has 1 fully saturated rings. The predicted octanol–water partition coefficient (Wildman–Crippen LogP) is 7.97. The van der Waals surface area contributed by atoms with Crippen LogP contribution < -0.4 is 5.56 Å². The van der Waals surface area contributed by atoms with Gasteiger partial charge in [-0.3, -0.25) is 18.9 Å². The van der Waals surface area contributed by atoms with Gasteiger partial charge in [0, 0.05) is 17.6 Å². The maximum Gasteiger partial charge on any atom is 0.266 e. The number of hydrogen-bond acceptors (Lipinski definition) is 6. The predicted molar refractivity (Wildman–Crippen MR) is 164 cm³/mol. The first kappa shape index (κ1) is 28.6. The Morgan fingerprint density at radius 2 is 1.55 bits per heavy atom. The molecule has 0 aliphatic carbocycles. The number of thiocarbonyl (C=S) groups is 1. The van der Waals surface area contributed by atoms with E-state index in [1.165, 1.54) is 79.3 Å². The number of rotatable bonds is 14. The van der Waals surface area contributed by atoms with Crippen LogP contribution in [-0.4, -0.2) is 31.1 Å². The van der Waals surface area contributed by atoms with E-state index in [1.807, 2.05) is 42.5 Å². The Hall–Kier alpha value is -2.42. The summed E-state index contributed by atoms with van der Waals surface area (Å²) < 4.78 is 2.08. The number of thioether (sulfide) groups is 1. The lowest BCUT2D eigenvalue weighted by Gasteiger charge is -2.14. The van der Waals surface area contributed by atoms with Crippen molar-refractivity contribution in [3.63, 3.8) is 0 Å². The van der Waals surface area contributed by atoms with Crippen LogP contribution >= 0.6 is 35.7 Å². The van der Waals surface area contributed by atoms with Crippen LogP contribution in [0.25, 0.3) is 11.7 Å². The van der Waals surface area contributed by atoms with Gasteiger partial charge in [-0.1, -0.05) is 125 Å². The summed E-state index contributed by atoms with van der Waals surface area (Å²) in [5.74, 6) is -0.121. The quantitative estimate of drug-likeness (QED) is 0.0855. The molecule has 2 aromatic heterocycles. The topological polar surface area (TPSA) is 54.7 Å². The lowest BCUT2D eigenvalue weighted by molar-refractivity contribution is -0.122. The highest BCUT2D eigenvalue weighted by atomic mass is 32.2. The maximum atomic E-state index is 13.5. The maximum absolute atomic E-state index is 13.5. The van der Waals surface area contributed by atoms with Gasteiger partial charge in [0.05, 0.1) is 10.5 Å². The molecular formula is C30H35N3O2S3. The van der Waals surface area contributed by atoms with E-state index in [9.17, 15) is 9.59 Å². The fraction of sp³-hybridized carbons (Fsp3) is 0.400. The van der Waals surface area contributed by atoms with Gasteiger partial charge in [0.25, 0.3) is 11.5 Å². The molecule has 38 heavy (non-hydrogen) atoms. The molecule has 0 bridgehead atoms. The van der Waals surface area contributed by atoms with E-state index in [4.69, 9.17) is 17.2 Å². The molecule has 8 heteroatoms. The van der Waals surface area contributed by atoms with Gasteiger partial charge < -0.3 is 0 Å². The number of carbonyl (C=O) groups excluding carboxylic acids is 1. The van der Waals surface area contributed by atoms with Crippen LogP contribution in [0.2, 0.25) is 0 Å². The minimum Gasteiger partial charge on any atom is -0.293 e. The molecule has 1 amide bonds. The van der Waals surface area contributed by atoms with Gasteiger partial charge >= 0.3 is 0 Å². The van der Waals surface area contributed by atoms with Crippen LogP contribution in [-0.2, 0) is 4.79 Å². The molecule has 1 aliphatic heterocycles. The van der Waals surface area contributed by atoms with Gasteiger partial charge in [-0.25, -0.2) is 4.98 Å². The van der Waals surface area contributed by atoms with Crippen LogP contribution in [0, 0.1) is 0 Å². The monoisotopic (exact) mass is 565 g/mol. The van der Waals surface area contributed by atoms with E-state index in [1.54, 1.807) is 23.2 Å². The van der Waals surface area contributed by atoms with Crippen molar-refractivity contribution in [3.8, 4) is 0 Å².